The minimum Gasteiger partial charge on any atom is -0.481 e. The van der Waals surface area contributed by atoms with E-state index in [2.05, 4.69) is 0 Å². The molecule has 0 aromatic heterocycles. The fourth-order valence-electron chi connectivity index (χ4n) is 3.35. The van der Waals surface area contributed by atoms with Crippen LogP contribution in [-0.2, 0) is 14.3 Å². The van der Waals surface area contributed by atoms with Crippen LogP contribution in [0.25, 0.3) is 0 Å². The van der Waals surface area contributed by atoms with Crippen LogP contribution >= 0.6 is 21.6 Å². The lowest BCUT2D eigenvalue weighted by atomic mass is 9.84. The van der Waals surface area contributed by atoms with Gasteiger partial charge >= 0.3 is 11.9 Å². The van der Waals surface area contributed by atoms with E-state index in [1.807, 2.05) is 13.8 Å². The summed E-state index contributed by atoms with van der Waals surface area (Å²) < 4.78 is 4.89. The summed E-state index contributed by atoms with van der Waals surface area (Å²) in [6.45, 7) is 3.72. The van der Waals surface area contributed by atoms with Crippen LogP contribution < -0.4 is 0 Å². The Kier molecular flexibility index (Phi) is 3.14. The molecule has 1 aliphatic heterocycles. The van der Waals surface area contributed by atoms with E-state index in [1.54, 1.807) is 21.6 Å². The van der Waals surface area contributed by atoms with E-state index in [-0.39, 0.29) is 11.9 Å². The number of aliphatic carboxylic acids is 1. The molecule has 2 unspecified atom stereocenters. The fraction of sp³-hybridized carbons (Fsp3) is 0.818. The number of esters is 1. The predicted molar refractivity (Wildman–Crippen MR) is 67.8 cm³/mol. The van der Waals surface area contributed by atoms with Crippen molar-refractivity contribution in [3.63, 3.8) is 0 Å². The highest BCUT2D eigenvalue weighted by atomic mass is 33.1. The van der Waals surface area contributed by atoms with E-state index in [0.29, 0.717) is 0 Å². The Morgan fingerprint density at radius 3 is 2.18 bits per heavy atom. The predicted octanol–water partition coefficient (Wildman–Crippen LogP) is 1.90. The van der Waals surface area contributed by atoms with Gasteiger partial charge in [-0.25, -0.2) is 0 Å². The molecular weight excluding hydrogens is 260 g/mol. The summed E-state index contributed by atoms with van der Waals surface area (Å²) in [6.07, 6.45) is 0. The molecule has 0 amide bonds. The monoisotopic (exact) mass is 276 g/mol. The first-order valence-corrected chi connectivity index (χ1v) is 7.95. The second kappa shape index (κ2) is 4.09. The molecule has 0 aromatic carbocycles. The average Bonchev–Trinajstić information content (AvgIpc) is 2.67. The topological polar surface area (TPSA) is 63.6 Å². The third kappa shape index (κ3) is 1.53. The van der Waals surface area contributed by atoms with E-state index < -0.39 is 22.7 Å². The maximum atomic E-state index is 12.1. The van der Waals surface area contributed by atoms with Crippen molar-refractivity contribution in [2.75, 3.05) is 18.6 Å². The molecule has 2 rings (SSSR count). The molecule has 2 atom stereocenters. The molecule has 4 nitrogen and oxygen atoms in total. The molecule has 1 N–H and O–H groups in total. The number of hydrogen-bond donors (Lipinski definition) is 1. The van der Waals surface area contributed by atoms with Gasteiger partial charge < -0.3 is 9.84 Å². The maximum Gasteiger partial charge on any atom is 0.313 e. The van der Waals surface area contributed by atoms with Gasteiger partial charge in [0.1, 0.15) is 0 Å². The number of hydrogen-bond acceptors (Lipinski definition) is 5. The standard InChI is InChI=1S/C11H16O4S2/c1-10(2)7(8(12)13)11(10,9(14)15-3)6-4-16-17-5-6/h6-7H,4-5H2,1-3H3,(H,12,13). The second-order valence-corrected chi connectivity index (χ2v) is 7.67. The zero-order chi connectivity index (χ0) is 12.8. The van der Waals surface area contributed by atoms with Crippen molar-refractivity contribution in [1.82, 2.24) is 0 Å². The van der Waals surface area contributed by atoms with Gasteiger partial charge in [0, 0.05) is 11.5 Å². The summed E-state index contributed by atoms with van der Waals surface area (Å²) in [5.41, 5.74) is -1.34. The highest BCUT2D eigenvalue weighted by Gasteiger charge is 2.82. The Balaban J connectivity index is 2.39. The summed E-state index contributed by atoms with van der Waals surface area (Å²) in [6, 6.07) is 0. The van der Waals surface area contributed by atoms with Crippen molar-refractivity contribution in [3.8, 4) is 0 Å². The van der Waals surface area contributed by atoms with Crippen molar-refractivity contribution < 1.29 is 19.4 Å². The van der Waals surface area contributed by atoms with Crippen LogP contribution in [0.2, 0.25) is 0 Å². The molecule has 0 spiro atoms. The molecule has 2 aliphatic rings. The molecule has 1 saturated carbocycles. The number of ether oxygens (including phenoxy) is 1. The van der Waals surface area contributed by atoms with Gasteiger partial charge in [0.2, 0.25) is 0 Å². The lowest BCUT2D eigenvalue weighted by Gasteiger charge is -2.23. The second-order valence-electron chi connectivity index (χ2n) is 5.12. The highest BCUT2D eigenvalue weighted by molar-refractivity contribution is 8.77. The van der Waals surface area contributed by atoms with Gasteiger partial charge in [-0.2, -0.15) is 0 Å². The first-order chi connectivity index (χ1) is 7.90. The maximum absolute atomic E-state index is 12.1. The van der Waals surface area contributed by atoms with Crippen LogP contribution in [0.5, 0.6) is 0 Å². The first-order valence-electron chi connectivity index (χ1n) is 5.46. The molecule has 1 heterocycles. The minimum atomic E-state index is -0.887. The van der Waals surface area contributed by atoms with Gasteiger partial charge in [-0.1, -0.05) is 35.4 Å². The smallest absolute Gasteiger partial charge is 0.313 e. The van der Waals surface area contributed by atoms with Crippen LogP contribution in [0.3, 0.4) is 0 Å². The van der Waals surface area contributed by atoms with Gasteiger partial charge in [0.05, 0.1) is 18.4 Å². The van der Waals surface area contributed by atoms with Crippen LogP contribution in [0, 0.1) is 22.7 Å². The van der Waals surface area contributed by atoms with Crippen molar-refractivity contribution in [2.45, 2.75) is 13.8 Å². The zero-order valence-electron chi connectivity index (χ0n) is 10.1. The molecule has 1 saturated heterocycles. The van der Waals surface area contributed by atoms with Crippen LogP contribution in [-0.4, -0.2) is 35.7 Å². The summed E-state index contributed by atoms with van der Waals surface area (Å²) in [7, 11) is 4.75. The molecule has 1 aliphatic carbocycles. The van der Waals surface area contributed by atoms with E-state index in [0.717, 1.165) is 11.5 Å². The average molecular weight is 276 g/mol. The first kappa shape index (κ1) is 13.1. The lowest BCUT2D eigenvalue weighted by molar-refractivity contribution is -0.154. The van der Waals surface area contributed by atoms with Crippen LogP contribution in [0.15, 0.2) is 0 Å². The summed E-state index contributed by atoms with van der Waals surface area (Å²) in [5.74, 6) is -0.113. The van der Waals surface area contributed by atoms with Gasteiger partial charge in [0.25, 0.3) is 0 Å². The highest BCUT2D eigenvalue weighted by Crippen LogP contribution is 2.74. The number of carbonyl (C=O) groups excluding carboxylic acids is 1. The van der Waals surface area contributed by atoms with Crippen LogP contribution in [0.1, 0.15) is 13.8 Å². The van der Waals surface area contributed by atoms with Crippen molar-refractivity contribution in [1.29, 1.82) is 0 Å². The molecule has 2 fully saturated rings. The fourth-order valence-corrected chi connectivity index (χ4v) is 6.34. The van der Waals surface area contributed by atoms with Crippen molar-refractivity contribution in [2.24, 2.45) is 22.7 Å². The third-order valence-electron chi connectivity index (χ3n) is 4.20. The normalized spacial score (nSPS) is 35.6. The number of carboxylic acid groups (broad SMARTS) is 1. The molecular formula is C11H16O4S2. The molecule has 17 heavy (non-hydrogen) atoms. The minimum absolute atomic E-state index is 0.0982. The summed E-state index contributed by atoms with van der Waals surface area (Å²) in [5, 5.41) is 9.31. The van der Waals surface area contributed by atoms with Crippen LogP contribution in [0.4, 0.5) is 0 Å². The molecule has 0 bridgehead atoms. The lowest BCUT2D eigenvalue weighted by Crippen LogP contribution is -2.34. The molecule has 96 valence electrons. The number of rotatable bonds is 3. The number of methoxy groups -OCH3 is 1. The van der Waals surface area contributed by atoms with E-state index in [9.17, 15) is 14.7 Å². The van der Waals surface area contributed by atoms with Crippen molar-refractivity contribution in [3.05, 3.63) is 0 Å². The number of carbonyl (C=O) groups is 2. The Hall–Kier alpha value is -0.360. The Bertz CT molecular complexity index is 362. The molecule has 0 radical (unpaired) electrons. The van der Waals surface area contributed by atoms with E-state index >= 15 is 0 Å². The number of carboxylic acids is 1. The Morgan fingerprint density at radius 1 is 1.29 bits per heavy atom. The van der Waals surface area contributed by atoms with E-state index in [4.69, 9.17) is 4.74 Å². The SMILES string of the molecule is COC(=O)C1(C2CSSC2)C(C(=O)O)C1(C)C. The van der Waals surface area contributed by atoms with Gasteiger partial charge in [0.15, 0.2) is 0 Å². The van der Waals surface area contributed by atoms with Gasteiger partial charge in [-0.15, -0.1) is 0 Å². The van der Waals surface area contributed by atoms with Gasteiger partial charge in [-0.3, -0.25) is 9.59 Å². The summed E-state index contributed by atoms with van der Waals surface area (Å²) in [4.78, 5) is 23.5. The molecule has 0 aromatic rings. The molecule has 6 heteroatoms. The quantitative estimate of drug-likeness (QED) is 0.627. The largest absolute Gasteiger partial charge is 0.481 e. The third-order valence-corrected chi connectivity index (χ3v) is 6.76. The van der Waals surface area contributed by atoms with E-state index in [1.165, 1.54) is 7.11 Å². The van der Waals surface area contributed by atoms with Crippen molar-refractivity contribution >= 4 is 33.5 Å². The zero-order valence-corrected chi connectivity index (χ0v) is 11.7. The summed E-state index contributed by atoms with van der Waals surface area (Å²) >= 11 is 0. The van der Waals surface area contributed by atoms with Gasteiger partial charge in [-0.05, 0) is 11.3 Å². The Labute approximate surface area is 108 Å². The Morgan fingerprint density at radius 2 is 1.82 bits per heavy atom.